The van der Waals surface area contributed by atoms with Gasteiger partial charge in [-0.25, -0.2) is 9.18 Å². The first-order chi connectivity index (χ1) is 15.4. The van der Waals surface area contributed by atoms with Gasteiger partial charge in [-0.05, 0) is 30.2 Å². The van der Waals surface area contributed by atoms with E-state index in [2.05, 4.69) is 9.89 Å². The molecule has 1 heterocycles. The highest BCUT2D eigenvalue weighted by Gasteiger charge is 2.24. The number of morpholine rings is 1. The summed E-state index contributed by atoms with van der Waals surface area (Å²) < 4.78 is 20.0. The molecule has 0 aliphatic carbocycles. The number of carboxylic acid groups (broad SMARTS) is 1. The largest absolute Gasteiger partial charge is 0.506 e. The van der Waals surface area contributed by atoms with Gasteiger partial charge in [0.15, 0.2) is 0 Å². The van der Waals surface area contributed by atoms with Crippen LogP contribution in [0.5, 0.6) is 0 Å². The summed E-state index contributed by atoms with van der Waals surface area (Å²) >= 11 is 0. The van der Waals surface area contributed by atoms with Crippen LogP contribution in [0.2, 0.25) is 0 Å². The molecule has 1 saturated heterocycles. The fourth-order valence-corrected chi connectivity index (χ4v) is 3.58. The van der Waals surface area contributed by atoms with Crippen molar-refractivity contribution in [2.75, 3.05) is 26.3 Å². The summed E-state index contributed by atoms with van der Waals surface area (Å²) in [4.78, 5) is 18.6. The van der Waals surface area contributed by atoms with Crippen LogP contribution in [0.25, 0.3) is 5.76 Å². The molecule has 32 heavy (non-hydrogen) atoms. The van der Waals surface area contributed by atoms with E-state index in [1.807, 2.05) is 0 Å². The number of halogens is 1. The molecule has 2 aromatic rings. The van der Waals surface area contributed by atoms with Crippen molar-refractivity contribution >= 4 is 23.1 Å². The van der Waals surface area contributed by atoms with Crippen molar-refractivity contribution in [3.05, 3.63) is 70.5 Å². The van der Waals surface area contributed by atoms with Crippen molar-refractivity contribution in [3.63, 3.8) is 0 Å². The Hall–Kier alpha value is -3.07. The molecule has 1 fully saturated rings. The summed E-state index contributed by atoms with van der Waals surface area (Å²) in [5.41, 5.74) is 1.07. The number of carbonyl (C=O) groups is 1. The first-order valence-electron chi connectivity index (χ1n) is 10.5. The van der Waals surface area contributed by atoms with Crippen LogP contribution in [0.3, 0.4) is 0 Å². The van der Waals surface area contributed by atoms with Crippen molar-refractivity contribution in [2.45, 2.75) is 26.5 Å². The Labute approximate surface area is 186 Å². The molecule has 3 N–H and O–H groups in total. The zero-order valence-electron chi connectivity index (χ0n) is 17.9. The Kier molecular flexibility index (Phi) is 8.10. The van der Waals surface area contributed by atoms with Crippen LogP contribution in [0.4, 0.5) is 10.1 Å². The van der Waals surface area contributed by atoms with E-state index in [1.165, 1.54) is 12.1 Å². The molecule has 0 spiro atoms. The van der Waals surface area contributed by atoms with E-state index < -0.39 is 23.1 Å². The van der Waals surface area contributed by atoms with Gasteiger partial charge >= 0.3 is 5.97 Å². The highest BCUT2D eigenvalue weighted by molar-refractivity contribution is 6.24. The molecule has 170 valence electrons. The predicted octanol–water partition coefficient (Wildman–Crippen LogP) is 3.69. The van der Waals surface area contributed by atoms with Gasteiger partial charge < -0.3 is 20.1 Å². The second kappa shape index (κ2) is 11.0. The van der Waals surface area contributed by atoms with Gasteiger partial charge in [-0.1, -0.05) is 31.2 Å². The minimum Gasteiger partial charge on any atom is -0.506 e. The molecule has 0 saturated carbocycles. The van der Waals surface area contributed by atoms with Gasteiger partial charge in [-0.15, -0.1) is 0 Å². The van der Waals surface area contributed by atoms with Gasteiger partial charge in [0, 0.05) is 25.2 Å². The Morgan fingerprint density at radius 3 is 2.53 bits per heavy atom. The lowest BCUT2D eigenvalue weighted by molar-refractivity contribution is -0.132. The average Bonchev–Trinajstić information content (AvgIpc) is 2.80. The minimum absolute atomic E-state index is 0.0777. The molecule has 0 aromatic heterocycles. The molecule has 0 amide bonds. The molecule has 1 aliphatic rings. The number of nitrogens with zero attached hydrogens (tertiary/aromatic N) is 2. The van der Waals surface area contributed by atoms with E-state index in [0.717, 1.165) is 18.7 Å². The number of hydrogen-bond acceptors (Lipinski definition) is 6. The molecule has 8 heteroatoms. The fraction of sp³-hybridized carbons (Fsp3) is 0.333. The molecule has 0 atom stereocenters. The number of aliphatic imine (C=N–C) groups is 1. The maximum Gasteiger partial charge on any atom is 0.341 e. The van der Waals surface area contributed by atoms with Gasteiger partial charge in [0.25, 0.3) is 0 Å². The monoisotopic (exact) mass is 442 g/mol. The van der Waals surface area contributed by atoms with Gasteiger partial charge in [0.2, 0.25) is 0 Å². The van der Waals surface area contributed by atoms with Crippen LogP contribution in [0.15, 0.2) is 53.0 Å². The minimum atomic E-state index is -1.41. The van der Waals surface area contributed by atoms with Crippen molar-refractivity contribution in [3.8, 4) is 0 Å². The highest BCUT2D eigenvalue weighted by atomic mass is 19.1. The third-order valence-corrected chi connectivity index (χ3v) is 5.29. The third-order valence-electron chi connectivity index (χ3n) is 5.29. The van der Waals surface area contributed by atoms with Crippen LogP contribution in [0.1, 0.15) is 30.0 Å². The SMILES string of the molecule is CCC(=Nc1ccccc1CO)C(C(=O)O)=C(O)c1cc(CN2CCOCC2)ccc1F. The zero-order chi connectivity index (χ0) is 23.1. The third kappa shape index (κ3) is 5.59. The quantitative estimate of drug-likeness (QED) is 0.327. The summed E-state index contributed by atoms with van der Waals surface area (Å²) in [5.74, 6) is -2.82. The summed E-state index contributed by atoms with van der Waals surface area (Å²) in [6.07, 6.45) is 0.181. The topological polar surface area (TPSA) is 103 Å². The van der Waals surface area contributed by atoms with E-state index in [0.29, 0.717) is 31.0 Å². The second-order valence-electron chi connectivity index (χ2n) is 7.43. The Balaban J connectivity index is 2.04. The number of hydrogen-bond donors (Lipinski definition) is 3. The molecule has 3 rings (SSSR count). The van der Waals surface area contributed by atoms with E-state index >= 15 is 0 Å². The molecule has 7 nitrogen and oxygen atoms in total. The maximum absolute atomic E-state index is 14.6. The number of carboxylic acids is 1. The van der Waals surface area contributed by atoms with E-state index in [9.17, 15) is 24.5 Å². The standard InChI is InChI=1S/C24H27FN2O5/c1-2-20(26-21-6-4-3-5-17(21)15-28)22(24(30)31)23(29)18-13-16(7-8-19(18)25)14-27-9-11-32-12-10-27/h3-8,13,28-29H,2,9-12,14-15H2,1H3,(H,30,31). The first-order valence-corrected chi connectivity index (χ1v) is 10.5. The summed E-state index contributed by atoms with van der Waals surface area (Å²) in [6, 6.07) is 11.1. The smallest absolute Gasteiger partial charge is 0.341 e. The number of rotatable bonds is 8. The lowest BCUT2D eigenvalue weighted by Gasteiger charge is -2.26. The van der Waals surface area contributed by atoms with E-state index in [1.54, 1.807) is 37.3 Å². The molecule has 0 radical (unpaired) electrons. The van der Waals surface area contributed by atoms with Crippen LogP contribution < -0.4 is 0 Å². The van der Waals surface area contributed by atoms with Crippen LogP contribution in [-0.2, 0) is 22.7 Å². The average molecular weight is 442 g/mol. The molecule has 0 bridgehead atoms. The summed E-state index contributed by atoms with van der Waals surface area (Å²) in [7, 11) is 0. The zero-order valence-corrected chi connectivity index (χ0v) is 17.9. The van der Waals surface area contributed by atoms with Crippen molar-refractivity contribution < 1.29 is 29.2 Å². The van der Waals surface area contributed by atoms with Crippen molar-refractivity contribution in [2.24, 2.45) is 4.99 Å². The van der Waals surface area contributed by atoms with Gasteiger partial charge in [0.1, 0.15) is 17.1 Å². The maximum atomic E-state index is 14.6. The number of aliphatic carboxylic acids is 1. The molecular formula is C24H27FN2O5. The van der Waals surface area contributed by atoms with Crippen molar-refractivity contribution in [1.82, 2.24) is 4.90 Å². The Morgan fingerprint density at radius 1 is 1.16 bits per heavy atom. The Bertz CT molecular complexity index is 1030. The van der Waals surface area contributed by atoms with Crippen molar-refractivity contribution in [1.29, 1.82) is 0 Å². The van der Waals surface area contributed by atoms with Crippen LogP contribution in [-0.4, -0.2) is 58.2 Å². The van der Waals surface area contributed by atoms with Gasteiger partial charge in [-0.2, -0.15) is 0 Å². The molecular weight excluding hydrogens is 415 g/mol. The highest BCUT2D eigenvalue weighted by Crippen LogP contribution is 2.26. The van der Waals surface area contributed by atoms with E-state index in [4.69, 9.17) is 4.74 Å². The van der Waals surface area contributed by atoms with E-state index in [-0.39, 0.29) is 24.3 Å². The first kappa shape index (κ1) is 23.6. The number of aliphatic hydroxyl groups is 2. The molecule has 2 aromatic carbocycles. The van der Waals surface area contributed by atoms with Crippen LogP contribution >= 0.6 is 0 Å². The second-order valence-corrected chi connectivity index (χ2v) is 7.43. The number of para-hydroxylation sites is 1. The van der Waals surface area contributed by atoms with Gasteiger partial charge in [0.05, 0.1) is 36.8 Å². The number of benzene rings is 2. The summed E-state index contributed by atoms with van der Waals surface area (Å²) in [6.45, 7) is 4.68. The Morgan fingerprint density at radius 2 is 1.88 bits per heavy atom. The normalized spacial score (nSPS) is 16.0. The predicted molar refractivity (Wildman–Crippen MR) is 119 cm³/mol. The van der Waals surface area contributed by atoms with Crippen LogP contribution in [0, 0.1) is 5.82 Å². The number of ether oxygens (including phenoxy) is 1. The number of aliphatic hydroxyl groups excluding tert-OH is 2. The lowest BCUT2D eigenvalue weighted by Crippen LogP contribution is -2.35. The fourth-order valence-electron chi connectivity index (χ4n) is 3.58. The molecule has 0 unspecified atom stereocenters. The molecule has 1 aliphatic heterocycles. The summed E-state index contributed by atoms with van der Waals surface area (Å²) in [5, 5.41) is 30.2. The lowest BCUT2D eigenvalue weighted by atomic mass is 10.00. The van der Waals surface area contributed by atoms with Gasteiger partial charge in [-0.3, -0.25) is 9.89 Å².